The number of hydrogen-bond acceptors (Lipinski definition) is 4. The molecule has 0 aromatic rings. The molecule has 19 heavy (non-hydrogen) atoms. The highest BCUT2D eigenvalue weighted by atomic mass is 16.4. The van der Waals surface area contributed by atoms with Crippen molar-refractivity contribution in [2.24, 2.45) is 11.7 Å². The summed E-state index contributed by atoms with van der Waals surface area (Å²) in [6.07, 6.45) is 0.111. The molecule has 0 spiro atoms. The topological polar surface area (TPSA) is 133 Å². The Morgan fingerprint density at radius 2 is 1.89 bits per heavy atom. The van der Waals surface area contributed by atoms with Crippen LogP contribution in [0, 0.1) is 5.92 Å². The van der Waals surface area contributed by atoms with Crippen LogP contribution in [0.15, 0.2) is 0 Å². The number of aliphatic hydroxyl groups excluding tert-OH is 1. The number of nitrogens with one attached hydrogen (secondary N) is 1. The summed E-state index contributed by atoms with van der Waals surface area (Å²) < 4.78 is 0. The van der Waals surface area contributed by atoms with E-state index in [9.17, 15) is 14.4 Å². The van der Waals surface area contributed by atoms with Crippen LogP contribution in [0.4, 0.5) is 4.79 Å². The van der Waals surface area contributed by atoms with E-state index in [1.54, 1.807) is 0 Å². The number of carbonyl (C=O) groups is 3. The van der Waals surface area contributed by atoms with Gasteiger partial charge in [0.05, 0.1) is 6.54 Å². The largest absolute Gasteiger partial charge is 0.479 e. The molecule has 8 nitrogen and oxygen atoms in total. The van der Waals surface area contributed by atoms with Crippen molar-refractivity contribution >= 4 is 17.9 Å². The first-order chi connectivity index (χ1) is 8.90. The van der Waals surface area contributed by atoms with Crippen molar-refractivity contribution in [2.75, 3.05) is 19.6 Å². The van der Waals surface area contributed by atoms with Gasteiger partial charge in [-0.2, -0.15) is 0 Å². The van der Waals surface area contributed by atoms with Gasteiger partial charge in [0, 0.05) is 19.5 Å². The van der Waals surface area contributed by atoms with Crippen molar-refractivity contribution in [2.45, 2.75) is 25.4 Å². The third-order valence-corrected chi connectivity index (χ3v) is 3.12. The average molecular weight is 273 g/mol. The molecule has 0 saturated carbocycles. The van der Waals surface area contributed by atoms with Gasteiger partial charge in [-0.3, -0.25) is 4.79 Å². The first-order valence-corrected chi connectivity index (χ1v) is 6.12. The van der Waals surface area contributed by atoms with Gasteiger partial charge >= 0.3 is 12.0 Å². The third-order valence-electron chi connectivity index (χ3n) is 3.12. The maximum absolute atomic E-state index is 11.7. The number of primary amides is 1. The Morgan fingerprint density at radius 3 is 2.37 bits per heavy atom. The smallest absolute Gasteiger partial charge is 0.334 e. The normalized spacial score (nSPS) is 17.8. The van der Waals surface area contributed by atoms with Gasteiger partial charge in [0.25, 0.3) is 0 Å². The van der Waals surface area contributed by atoms with E-state index in [0.29, 0.717) is 32.4 Å². The summed E-state index contributed by atoms with van der Waals surface area (Å²) in [5, 5.41) is 19.8. The molecule has 0 radical (unpaired) electrons. The number of urea groups is 1. The second kappa shape index (κ2) is 6.93. The van der Waals surface area contributed by atoms with Gasteiger partial charge in [0.1, 0.15) is 0 Å². The number of nitrogens with two attached hydrogens (primary N) is 1. The lowest BCUT2D eigenvalue weighted by molar-refractivity contribution is -0.146. The SMILES string of the molecule is NC(=O)CC1CCN(C(=O)NC[C@H](O)C(=O)O)CC1. The van der Waals surface area contributed by atoms with E-state index in [2.05, 4.69) is 5.32 Å². The quantitative estimate of drug-likeness (QED) is 0.495. The van der Waals surface area contributed by atoms with E-state index in [0.717, 1.165) is 0 Å². The predicted molar refractivity (Wildman–Crippen MR) is 65.1 cm³/mol. The number of rotatable bonds is 5. The molecule has 0 bridgehead atoms. The van der Waals surface area contributed by atoms with Crippen LogP contribution in [-0.4, -0.2) is 58.8 Å². The van der Waals surface area contributed by atoms with Gasteiger partial charge in [-0.25, -0.2) is 9.59 Å². The minimum absolute atomic E-state index is 0.200. The van der Waals surface area contributed by atoms with Crippen LogP contribution in [0.25, 0.3) is 0 Å². The number of nitrogens with zero attached hydrogens (tertiary/aromatic N) is 1. The van der Waals surface area contributed by atoms with Crippen LogP contribution < -0.4 is 11.1 Å². The average Bonchev–Trinajstić information content (AvgIpc) is 2.35. The highest BCUT2D eigenvalue weighted by Gasteiger charge is 2.24. The van der Waals surface area contributed by atoms with Crippen molar-refractivity contribution in [3.05, 3.63) is 0 Å². The molecule has 0 aromatic heterocycles. The van der Waals surface area contributed by atoms with Crippen molar-refractivity contribution in [1.29, 1.82) is 0 Å². The van der Waals surface area contributed by atoms with Crippen LogP contribution in [0.2, 0.25) is 0 Å². The van der Waals surface area contributed by atoms with E-state index < -0.39 is 18.1 Å². The van der Waals surface area contributed by atoms with Crippen LogP contribution in [0.5, 0.6) is 0 Å². The summed E-state index contributed by atoms with van der Waals surface area (Å²) in [5.74, 6) is -1.51. The Hall–Kier alpha value is -1.83. The van der Waals surface area contributed by atoms with Crippen LogP contribution in [0.1, 0.15) is 19.3 Å². The molecule has 1 saturated heterocycles. The Bertz CT molecular complexity index is 352. The number of carboxylic acids is 1. The molecule has 5 N–H and O–H groups in total. The lowest BCUT2D eigenvalue weighted by atomic mass is 9.93. The monoisotopic (exact) mass is 273 g/mol. The van der Waals surface area contributed by atoms with Crippen molar-refractivity contribution in [3.8, 4) is 0 Å². The van der Waals surface area contributed by atoms with Crippen LogP contribution >= 0.6 is 0 Å². The molecule has 8 heteroatoms. The van der Waals surface area contributed by atoms with Gasteiger partial charge in [-0.05, 0) is 18.8 Å². The zero-order valence-corrected chi connectivity index (χ0v) is 10.5. The maximum Gasteiger partial charge on any atom is 0.334 e. The number of piperidine rings is 1. The maximum atomic E-state index is 11.7. The highest BCUT2D eigenvalue weighted by molar-refractivity contribution is 5.77. The molecule has 0 aliphatic carbocycles. The first-order valence-electron chi connectivity index (χ1n) is 6.12. The van der Waals surface area contributed by atoms with E-state index >= 15 is 0 Å². The molecule has 1 heterocycles. The lowest BCUT2D eigenvalue weighted by Gasteiger charge is -2.31. The number of carboxylic acid groups (broad SMARTS) is 1. The number of aliphatic hydroxyl groups is 1. The summed E-state index contributed by atoms with van der Waals surface area (Å²) >= 11 is 0. The van der Waals surface area contributed by atoms with Crippen molar-refractivity contribution in [3.63, 3.8) is 0 Å². The van der Waals surface area contributed by atoms with Gasteiger partial charge < -0.3 is 26.2 Å². The molecular weight excluding hydrogens is 254 g/mol. The van der Waals surface area contributed by atoms with Crippen LogP contribution in [0.3, 0.4) is 0 Å². The van der Waals surface area contributed by atoms with Gasteiger partial charge in [-0.1, -0.05) is 0 Å². The fourth-order valence-corrected chi connectivity index (χ4v) is 2.01. The van der Waals surface area contributed by atoms with Crippen molar-refractivity contribution < 1.29 is 24.6 Å². The highest BCUT2D eigenvalue weighted by Crippen LogP contribution is 2.19. The number of likely N-dealkylation sites (tertiary alicyclic amines) is 1. The van der Waals surface area contributed by atoms with Gasteiger partial charge in [-0.15, -0.1) is 0 Å². The summed E-state index contributed by atoms with van der Waals surface area (Å²) in [7, 11) is 0. The Kier molecular flexibility index (Phi) is 5.56. The van der Waals surface area contributed by atoms with E-state index in [1.165, 1.54) is 4.90 Å². The minimum atomic E-state index is -1.60. The summed E-state index contributed by atoms with van der Waals surface area (Å²) in [6.45, 7) is 0.662. The molecule has 108 valence electrons. The number of hydrogen-bond donors (Lipinski definition) is 4. The molecule has 1 atom stereocenters. The van der Waals surface area contributed by atoms with Crippen LogP contribution in [-0.2, 0) is 9.59 Å². The van der Waals surface area contributed by atoms with Gasteiger partial charge in [0.15, 0.2) is 6.10 Å². The Balaban J connectivity index is 2.29. The molecule has 1 aliphatic rings. The molecule has 1 fully saturated rings. The van der Waals surface area contributed by atoms with E-state index in [-0.39, 0.29) is 18.4 Å². The molecule has 0 aromatic carbocycles. The third kappa shape index (κ3) is 5.12. The lowest BCUT2D eigenvalue weighted by Crippen LogP contribution is -2.47. The Morgan fingerprint density at radius 1 is 1.32 bits per heavy atom. The Labute approximate surface area is 110 Å². The predicted octanol–water partition coefficient (Wildman–Crippen LogP) is -1.27. The summed E-state index contributed by atoms with van der Waals surface area (Å²) in [4.78, 5) is 34.4. The second-order valence-corrected chi connectivity index (χ2v) is 4.64. The zero-order chi connectivity index (χ0) is 14.4. The molecule has 0 unspecified atom stereocenters. The molecule has 1 rings (SSSR count). The number of aliphatic carboxylic acids is 1. The minimum Gasteiger partial charge on any atom is -0.479 e. The zero-order valence-electron chi connectivity index (χ0n) is 10.5. The molecule has 3 amide bonds. The van der Waals surface area contributed by atoms with Gasteiger partial charge in [0.2, 0.25) is 5.91 Å². The number of amides is 3. The fraction of sp³-hybridized carbons (Fsp3) is 0.727. The molecular formula is C11H19N3O5. The second-order valence-electron chi connectivity index (χ2n) is 4.64. The van der Waals surface area contributed by atoms with Crippen molar-refractivity contribution in [1.82, 2.24) is 10.2 Å². The van der Waals surface area contributed by atoms with E-state index in [4.69, 9.17) is 15.9 Å². The summed E-state index contributed by atoms with van der Waals surface area (Å²) in [5.41, 5.74) is 5.11. The summed E-state index contributed by atoms with van der Waals surface area (Å²) in [6, 6.07) is -0.405. The standard InChI is InChI=1S/C11H19N3O5/c12-9(16)5-7-1-3-14(4-2-7)11(19)13-6-8(15)10(17)18/h7-8,15H,1-6H2,(H2,12,16)(H,13,19)(H,17,18)/t8-/m0/s1. The first kappa shape index (κ1) is 15.2. The van der Waals surface area contributed by atoms with E-state index in [1.807, 2.05) is 0 Å². The molecule has 1 aliphatic heterocycles. The fourth-order valence-electron chi connectivity index (χ4n) is 2.01. The number of carbonyl (C=O) groups excluding carboxylic acids is 2.